The maximum Gasteiger partial charge on any atom is 0.311 e. The standard InChI is InChI=1S/C14H13NO4/c16-12(15-8-14(5-6-14)13(17)18)10-7-19-11-4-2-1-3-9(10)11/h1-4,7H,5-6,8H2,(H,15,16)(H,17,18). The number of carbonyl (C=O) groups excluding carboxylic acids is 1. The van der Waals surface area contributed by atoms with Crippen LogP contribution in [0.4, 0.5) is 0 Å². The van der Waals surface area contributed by atoms with E-state index < -0.39 is 11.4 Å². The monoisotopic (exact) mass is 259 g/mol. The lowest BCUT2D eigenvalue weighted by Gasteiger charge is -2.10. The van der Waals surface area contributed by atoms with Crippen LogP contribution >= 0.6 is 0 Å². The number of aliphatic carboxylic acids is 1. The number of hydrogen-bond acceptors (Lipinski definition) is 3. The van der Waals surface area contributed by atoms with E-state index in [0.717, 1.165) is 5.39 Å². The van der Waals surface area contributed by atoms with Gasteiger partial charge in [-0.1, -0.05) is 18.2 Å². The van der Waals surface area contributed by atoms with Gasteiger partial charge in [-0.3, -0.25) is 9.59 Å². The van der Waals surface area contributed by atoms with Crippen LogP contribution in [0.15, 0.2) is 34.9 Å². The van der Waals surface area contributed by atoms with Crippen molar-refractivity contribution in [2.24, 2.45) is 5.41 Å². The Balaban J connectivity index is 1.76. The molecule has 2 aromatic rings. The summed E-state index contributed by atoms with van der Waals surface area (Å²) < 4.78 is 5.29. The average molecular weight is 259 g/mol. The van der Waals surface area contributed by atoms with Gasteiger partial charge in [0.05, 0.1) is 11.0 Å². The van der Waals surface area contributed by atoms with Gasteiger partial charge in [-0.2, -0.15) is 0 Å². The summed E-state index contributed by atoms with van der Waals surface area (Å²) in [5, 5.41) is 12.5. The number of para-hydroxylation sites is 1. The van der Waals surface area contributed by atoms with E-state index in [1.165, 1.54) is 6.26 Å². The van der Waals surface area contributed by atoms with Crippen LogP contribution in [0.1, 0.15) is 23.2 Å². The Morgan fingerprint density at radius 3 is 2.74 bits per heavy atom. The van der Waals surface area contributed by atoms with Gasteiger partial charge in [-0.25, -0.2) is 0 Å². The summed E-state index contributed by atoms with van der Waals surface area (Å²) in [5.74, 6) is -1.14. The summed E-state index contributed by atoms with van der Waals surface area (Å²) in [6.07, 6.45) is 2.64. The van der Waals surface area contributed by atoms with E-state index in [1.807, 2.05) is 12.1 Å². The predicted molar refractivity (Wildman–Crippen MR) is 67.9 cm³/mol. The molecule has 19 heavy (non-hydrogen) atoms. The Bertz CT molecular complexity index is 654. The van der Waals surface area contributed by atoms with Crippen molar-refractivity contribution in [2.75, 3.05) is 6.54 Å². The van der Waals surface area contributed by atoms with Crippen LogP contribution in [0, 0.1) is 5.41 Å². The van der Waals surface area contributed by atoms with Crippen LogP contribution in [0.25, 0.3) is 11.0 Å². The molecule has 1 aliphatic rings. The molecule has 1 aliphatic carbocycles. The first-order valence-corrected chi connectivity index (χ1v) is 6.10. The van der Waals surface area contributed by atoms with Crippen LogP contribution in [0.2, 0.25) is 0 Å². The second-order valence-corrected chi connectivity index (χ2v) is 4.91. The zero-order chi connectivity index (χ0) is 13.5. The van der Waals surface area contributed by atoms with Crippen LogP contribution in [-0.4, -0.2) is 23.5 Å². The van der Waals surface area contributed by atoms with Gasteiger partial charge in [-0.15, -0.1) is 0 Å². The second kappa shape index (κ2) is 4.12. The maximum atomic E-state index is 12.1. The third-order valence-corrected chi connectivity index (χ3v) is 3.62. The summed E-state index contributed by atoms with van der Waals surface area (Å²) >= 11 is 0. The molecule has 0 atom stereocenters. The topological polar surface area (TPSA) is 79.5 Å². The van der Waals surface area contributed by atoms with E-state index in [2.05, 4.69) is 5.32 Å². The van der Waals surface area contributed by atoms with Gasteiger partial charge in [0.1, 0.15) is 11.8 Å². The molecule has 2 N–H and O–H groups in total. The minimum absolute atomic E-state index is 0.167. The van der Waals surface area contributed by atoms with Crippen LogP contribution in [-0.2, 0) is 4.79 Å². The lowest BCUT2D eigenvalue weighted by Crippen LogP contribution is -2.34. The number of hydrogen-bond donors (Lipinski definition) is 2. The highest BCUT2D eigenvalue weighted by molar-refractivity contribution is 6.06. The Labute approximate surface area is 109 Å². The molecule has 1 aromatic heterocycles. The number of carbonyl (C=O) groups is 2. The quantitative estimate of drug-likeness (QED) is 0.880. The van der Waals surface area contributed by atoms with Crippen molar-refractivity contribution in [3.8, 4) is 0 Å². The van der Waals surface area contributed by atoms with E-state index in [1.54, 1.807) is 12.1 Å². The number of carboxylic acid groups (broad SMARTS) is 1. The summed E-state index contributed by atoms with van der Waals surface area (Å²) in [6.45, 7) is 0.167. The smallest absolute Gasteiger partial charge is 0.311 e. The number of furan rings is 1. The van der Waals surface area contributed by atoms with Crippen molar-refractivity contribution in [3.63, 3.8) is 0 Å². The molecule has 0 aliphatic heterocycles. The first-order valence-electron chi connectivity index (χ1n) is 6.10. The molecular formula is C14H13NO4. The number of carboxylic acids is 1. The van der Waals surface area contributed by atoms with E-state index in [9.17, 15) is 9.59 Å². The Morgan fingerprint density at radius 1 is 1.32 bits per heavy atom. The molecular weight excluding hydrogens is 246 g/mol. The van der Waals surface area contributed by atoms with E-state index in [0.29, 0.717) is 24.0 Å². The first-order chi connectivity index (χ1) is 9.12. The zero-order valence-corrected chi connectivity index (χ0v) is 10.2. The molecule has 1 fully saturated rings. The zero-order valence-electron chi connectivity index (χ0n) is 10.2. The van der Waals surface area contributed by atoms with Crippen LogP contribution < -0.4 is 5.32 Å². The molecule has 0 bridgehead atoms. The molecule has 1 amide bonds. The SMILES string of the molecule is O=C(NCC1(C(=O)O)CC1)c1coc2ccccc12. The van der Waals surface area contributed by atoms with Gasteiger partial charge in [-0.05, 0) is 18.9 Å². The molecule has 0 radical (unpaired) electrons. The fourth-order valence-corrected chi connectivity index (χ4v) is 2.12. The van der Waals surface area contributed by atoms with Crippen molar-refractivity contribution < 1.29 is 19.1 Å². The molecule has 0 spiro atoms. The van der Waals surface area contributed by atoms with Gasteiger partial charge in [0, 0.05) is 11.9 Å². The average Bonchev–Trinajstić information content (AvgIpc) is 3.09. The summed E-state index contributed by atoms with van der Waals surface area (Å²) in [6, 6.07) is 7.25. The van der Waals surface area contributed by atoms with Crippen molar-refractivity contribution in [1.82, 2.24) is 5.32 Å². The highest BCUT2D eigenvalue weighted by Gasteiger charge is 2.50. The largest absolute Gasteiger partial charge is 0.481 e. The molecule has 98 valence electrons. The Hall–Kier alpha value is -2.30. The summed E-state index contributed by atoms with van der Waals surface area (Å²) in [7, 11) is 0. The minimum atomic E-state index is -0.843. The summed E-state index contributed by atoms with van der Waals surface area (Å²) in [4.78, 5) is 23.1. The van der Waals surface area contributed by atoms with Gasteiger partial charge in [0.25, 0.3) is 5.91 Å². The van der Waals surface area contributed by atoms with Crippen molar-refractivity contribution in [1.29, 1.82) is 0 Å². The molecule has 0 saturated heterocycles. The predicted octanol–water partition coefficient (Wildman–Crippen LogP) is 2.03. The fraction of sp³-hybridized carbons (Fsp3) is 0.286. The van der Waals surface area contributed by atoms with E-state index in [-0.39, 0.29) is 12.5 Å². The van der Waals surface area contributed by atoms with Gasteiger partial charge in [0.15, 0.2) is 0 Å². The number of amides is 1. The van der Waals surface area contributed by atoms with Gasteiger partial charge in [0.2, 0.25) is 0 Å². The minimum Gasteiger partial charge on any atom is -0.481 e. The molecule has 5 heteroatoms. The number of rotatable bonds is 4. The van der Waals surface area contributed by atoms with Crippen molar-refractivity contribution >= 4 is 22.8 Å². The normalized spacial score (nSPS) is 16.2. The molecule has 5 nitrogen and oxygen atoms in total. The third kappa shape index (κ3) is 1.97. The molecule has 1 aromatic carbocycles. The number of nitrogens with one attached hydrogen (secondary N) is 1. The van der Waals surface area contributed by atoms with E-state index in [4.69, 9.17) is 9.52 Å². The van der Waals surface area contributed by atoms with Crippen LogP contribution in [0.3, 0.4) is 0 Å². The lowest BCUT2D eigenvalue weighted by atomic mass is 10.1. The van der Waals surface area contributed by atoms with E-state index >= 15 is 0 Å². The second-order valence-electron chi connectivity index (χ2n) is 4.91. The fourth-order valence-electron chi connectivity index (χ4n) is 2.12. The van der Waals surface area contributed by atoms with Crippen molar-refractivity contribution in [3.05, 3.63) is 36.1 Å². The number of fused-ring (bicyclic) bond motifs is 1. The lowest BCUT2D eigenvalue weighted by molar-refractivity contribution is -0.143. The Kier molecular flexibility index (Phi) is 2.55. The molecule has 3 rings (SSSR count). The third-order valence-electron chi connectivity index (χ3n) is 3.62. The highest BCUT2D eigenvalue weighted by Crippen LogP contribution is 2.45. The van der Waals surface area contributed by atoms with Crippen molar-refractivity contribution in [2.45, 2.75) is 12.8 Å². The van der Waals surface area contributed by atoms with Gasteiger partial charge < -0.3 is 14.8 Å². The Morgan fingerprint density at radius 2 is 2.05 bits per heavy atom. The molecule has 1 saturated carbocycles. The molecule has 1 heterocycles. The highest BCUT2D eigenvalue weighted by atomic mass is 16.4. The summed E-state index contributed by atoms with van der Waals surface area (Å²) in [5.41, 5.74) is 0.332. The number of benzene rings is 1. The maximum absolute atomic E-state index is 12.1. The molecule has 0 unspecified atom stereocenters. The first kappa shape index (κ1) is 11.8. The van der Waals surface area contributed by atoms with Crippen LogP contribution in [0.5, 0.6) is 0 Å². The van der Waals surface area contributed by atoms with Gasteiger partial charge >= 0.3 is 5.97 Å².